The molecule has 1 N–H and O–H groups in total. The van der Waals surface area contributed by atoms with Gasteiger partial charge in [-0.2, -0.15) is 5.10 Å². The summed E-state index contributed by atoms with van der Waals surface area (Å²) in [4.78, 5) is 14.0. The molecular formula is C11H19BrN4O. The van der Waals surface area contributed by atoms with Crippen molar-refractivity contribution in [3.8, 4) is 0 Å². The fraction of sp³-hybridized carbons (Fsp3) is 0.636. The lowest BCUT2D eigenvalue weighted by atomic mass is 10.4. The Morgan fingerprint density at radius 3 is 2.71 bits per heavy atom. The van der Waals surface area contributed by atoms with Crippen molar-refractivity contribution in [3.05, 3.63) is 21.0 Å². The van der Waals surface area contributed by atoms with E-state index in [1.807, 2.05) is 27.9 Å². The molecule has 1 aromatic heterocycles. The van der Waals surface area contributed by atoms with Gasteiger partial charge in [-0.15, -0.1) is 0 Å². The van der Waals surface area contributed by atoms with Crippen LogP contribution in [0.2, 0.25) is 0 Å². The SMILES string of the molecule is CC(C)n1ncc(NCCN(C)C)c(Br)c1=O. The summed E-state index contributed by atoms with van der Waals surface area (Å²) in [7, 11) is 4.01. The fourth-order valence-electron chi connectivity index (χ4n) is 1.35. The monoisotopic (exact) mass is 302 g/mol. The first-order valence-corrected chi connectivity index (χ1v) is 6.38. The standard InChI is InChI=1S/C11H19BrN4O/c1-8(2)16-11(17)10(12)9(7-14-16)13-5-6-15(3)4/h7-8,13H,5-6H2,1-4H3. The number of hydrogen-bond donors (Lipinski definition) is 1. The van der Waals surface area contributed by atoms with Crippen molar-refractivity contribution in [3.63, 3.8) is 0 Å². The molecule has 0 unspecified atom stereocenters. The second-order valence-corrected chi connectivity index (χ2v) is 5.24. The zero-order valence-electron chi connectivity index (χ0n) is 10.7. The molecule has 0 saturated heterocycles. The van der Waals surface area contributed by atoms with E-state index in [2.05, 4.69) is 31.2 Å². The number of likely N-dealkylation sites (N-methyl/N-ethyl adjacent to an activating group) is 1. The molecule has 0 spiro atoms. The molecule has 0 radical (unpaired) electrons. The quantitative estimate of drug-likeness (QED) is 0.897. The van der Waals surface area contributed by atoms with Gasteiger partial charge < -0.3 is 10.2 Å². The lowest BCUT2D eigenvalue weighted by molar-refractivity contribution is 0.425. The van der Waals surface area contributed by atoms with Crippen LogP contribution in [-0.2, 0) is 0 Å². The Morgan fingerprint density at radius 1 is 1.53 bits per heavy atom. The molecule has 0 bridgehead atoms. The van der Waals surface area contributed by atoms with Crippen molar-refractivity contribution >= 4 is 21.6 Å². The number of nitrogens with zero attached hydrogens (tertiary/aromatic N) is 3. The van der Waals surface area contributed by atoms with Gasteiger partial charge in [0.15, 0.2) is 0 Å². The van der Waals surface area contributed by atoms with Crippen molar-refractivity contribution in [2.75, 3.05) is 32.5 Å². The molecule has 0 saturated carbocycles. The summed E-state index contributed by atoms with van der Waals surface area (Å²) in [5.74, 6) is 0. The predicted octanol–water partition coefficient (Wildman–Crippen LogP) is 1.56. The Labute approximate surface area is 110 Å². The maximum atomic E-state index is 11.9. The van der Waals surface area contributed by atoms with Crippen LogP contribution in [-0.4, -0.2) is 41.9 Å². The highest BCUT2D eigenvalue weighted by Crippen LogP contribution is 2.16. The Kier molecular flexibility index (Phi) is 5.14. The second kappa shape index (κ2) is 6.16. The van der Waals surface area contributed by atoms with Crippen molar-refractivity contribution in [2.24, 2.45) is 0 Å². The van der Waals surface area contributed by atoms with Gasteiger partial charge in [0.2, 0.25) is 0 Å². The van der Waals surface area contributed by atoms with E-state index in [0.29, 0.717) is 4.47 Å². The zero-order valence-corrected chi connectivity index (χ0v) is 12.3. The third-order valence-electron chi connectivity index (χ3n) is 2.31. The lowest BCUT2D eigenvalue weighted by Gasteiger charge is -2.14. The largest absolute Gasteiger partial charge is 0.381 e. The fourth-order valence-corrected chi connectivity index (χ4v) is 1.77. The third-order valence-corrected chi connectivity index (χ3v) is 3.07. The molecule has 0 atom stereocenters. The lowest BCUT2D eigenvalue weighted by Crippen LogP contribution is -2.27. The van der Waals surface area contributed by atoms with E-state index in [0.717, 1.165) is 18.8 Å². The van der Waals surface area contributed by atoms with Gasteiger partial charge >= 0.3 is 0 Å². The van der Waals surface area contributed by atoms with Crippen LogP contribution in [0, 0.1) is 0 Å². The summed E-state index contributed by atoms with van der Waals surface area (Å²) >= 11 is 3.32. The highest BCUT2D eigenvalue weighted by atomic mass is 79.9. The van der Waals surface area contributed by atoms with Crippen LogP contribution in [0.25, 0.3) is 0 Å². The minimum absolute atomic E-state index is 0.0645. The van der Waals surface area contributed by atoms with Crippen LogP contribution in [0.1, 0.15) is 19.9 Å². The van der Waals surface area contributed by atoms with Crippen LogP contribution in [0.15, 0.2) is 15.5 Å². The maximum Gasteiger partial charge on any atom is 0.283 e. The van der Waals surface area contributed by atoms with E-state index in [4.69, 9.17) is 0 Å². The number of rotatable bonds is 5. The molecule has 6 heteroatoms. The van der Waals surface area contributed by atoms with E-state index < -0.39 is 0 Å². The highest BCUT2D eigenvalue weighted by molar-refractivity contribution is 9.10. The van der Waals surface area contributed by atoms with Crippen LogP contribution < -0.4 is 10.9 Å². The average molecular weight is 303 g/mol. The maximum absolute atomic E-state index is 11.9. The zero-order chi connectivity index (χ0) is 13.0. The van der Waals surface area contributed by atoms with E-state index >= 15 is 0 Å². The Hall–Kier alpha value is -0.880. The van der Waals surface area contributed by atoms with Crippen LogP contribution in [0.5, 0.6) is 0 Å². The molecule has 0 aliphatic heterocycles. The summed E-state index contributed by atoms with van der Waals surface area (Å²) in [6, 6.07) is 0.0645. The first-order valence-electron chi connectivity index (χ1n) is 5.59. The second-order valence-electron chi connectivity index (χ2n) is 4.45. The van der Waals surface area contributed by atoms with Crippen molar-refractivity contribution in [1.82, 2.24) is 14.7 Å². The first kappa shape index (κ1) is 14.2. The molecule has 96 valence electrons. The van der Waals surface area contributed by atoms with E-state index in [1.165, 1.54) is 4.68 Å². The molecule has 5 nitrogen and oxygen atoms in total. The van der Waals surface area contributed by atoms with Crippen molar-refractivity contribution in [2.45, 2.75) is 19.9 Å². The number of nitrogens with one attached hydrogen (secondary N) is 1. The average Bonchev–Trinajstić information content (AvgIpc) is 2.23. The van der Waals surface area contributed by atoms with E-state index in [1.54, 1.807) is 6.20 Å². The molecule has 1 heterocycles. The predicted molar refractivity (Wildman–Crippen MR) is 73.6 cm³/mol. The first-order chi connectivity index (χ1) is 7.93. The minimum Gasteiger partial charge on any atom is -0.381 e. The molecule has 0 aromatic carbocycles. The van der Waals surface area contributed by atoms with Gasteiger partial charge in [-0.25, -0.2) is 4.68 Å². The summed E-state index contributed by atoms with van der Waals surface area (Å²) in [6.07, 6.45) is 1.68. The van der Waals surface area contributed by atoms with Crippen molar-refractivity contribution in [1.29, 1.82) is 0 Å². The molecule has 0 aliphatic carbocycles. The number of aromatic nitrogens is 2. The topological polar surface area (TPSA) is 50.2 Å². The molecule has 1 aromatic rings. The summed E-state index contributed by atoms with van der Waals surface area (Å²) in [5, 5.41) is 7.32. The minimum atomic E-state index is -0.102. The van der Waals surface area contributed by atoms with Gasteiger partial charge in [0, 0.05) is 13.1 Å². The Morgan fingerprint density at radius 2 is 2.18 bits per heavy atom. The van der Waals surface area contributed by atoms with Gasteiger partial charge in [-0.05, 0) is 43.9 Å². The highest BCUT2D eigenvalue weighted by Gasteiger charge is 2.10. The van der Waals surface area contributed by atoms with Crippen LogP contribution in [0.4, 0.5) is 5.69 Å². The number of hydrogen-bond acceptors (Lipinski definition) is 4. The van der Waals surface area contributed by atoms with E-state index in [-0.39, 0.29) is 11.6 Å². The van der Waals surface area contributed by atoms with Gasteiger partial charge in [-0.1, -0.05) is 0 Å². The van der Waals surface area contributed by atoms with Crippen molar-refractivity contribution < 1.29 is 0 Å². The van der Waals surface area contributed by atoms with Gasteiger partial charge in [0.05, 0.1) is 17.9 Å². The third kappa shape index (κ3) is 3.81. The Bertz CT molecular complexity index is 428. The normalized spacial score (nSPS) is 11.2. The smallest absolute Gasteiger partial charge is 0.283 e. The number of anilines is 1. The van der Waals surface area contributed by atoms with Gasteiger partial charge in [0.25, 0.3) is 5.56 Å². The van der Waals surface area contributed by atoms with Crippen LogP contribution >= 0.6 is 15.9 Å². The molecule has 0 fully saturated rings. The molecule has 17 heavy (non-hydrogen) atoms. The molecule has 0 amide bonds. The summed E-state index contributed by atoms with van der Waals surface area (Å²) in [5.41, 5.74) is 0.642. The van der Waals surface area contributed by atoms with Gasteiger partial charge in [0.1, 0.15) is 4.47 Å². The summed E-state index contributed by atoms with van der Waals surface area (Å²) in [6.45, 7) is 5.54. The molecular weight excluding hydrogens is 284 g/mol. The van der Waals surface area contributed by atoms with Crippen LogP contribution in [0.3, 0.4) is 0 Å². The Balaban J connectivity index is 2.82. The summed E-state index contributed by atoms with van der Waals surface area (Å²) < 4.78 is 2.00. The van der Waals surface area contributed by atoms with E-state index in [9.17, 15) is 4.79 Å². The molecule has 0 aliphatic rings. The molecule has 1 rings (SSSR count). The number of halogens is 1. The van der Waals surface area contributed by atoms with Gasteiger partial charge in [-0.3, -0.25) is 4.79 Å².